The fraction of sp³-hybridized carbons (Fsp3) is 0.417. The Kier molecular flexibility index (Phi) is 5.33. The maximum atomic E-state index is 14.0. The zero-order valence-electron chi connectivity index (χ0n) is 18.4. The maximum absolute atomic E-state index is 14.0. The number of hydrogen-bond donors (Lipinski definition) is 0. The molecule has 0 aliphatic carbocycles. The van der Waals surface area contributed by atoms with Crippen molar-refractivity contribution in [2.75, 3.05) is 7.11 Å². The van der Waals surface area contributed by atoms with E-state index in [2.05, 4.69) is 32.7 Å². The van der Waals surface area contributed by atoms with Gasteiger partial charge >= 0.3 is 0 Å². The van der Waals surface area contributed by atoms with Crippen molar-refractivity contribution in [2.45, 2.75) is 57.7 Å². The summed E-state index contributed by atoms with van der Waals surface area (Å²) in [5.41, 5.74) is 1.48. The first-order valence-corrected chi connectivity index (χ1v) is 10.3. The van der Waals surface area contributed by atoms with Gasteiger partial charge in [-0.1, -0.05) is 0 Å². The lowest BCUT2D eigenvalue weighted by Gasteiger charge is -2.45. The van der Waals surface area contributed by atoms with Crippen molar-refractivity contribution < 1.29 is 18.3 Å². The van der Waals surface area contributed by atoms with E-state index in [9.17, 15) is 8.78 Å². The van der Waals surface area contributed by atoms with Gasteiger partial charge in [-0.15, -0.1) is 0 Å². The van der Waals surface area contributed by atoms with Crippen LogP contribution in [0.5, 0.6) is 5.75 Å². The van der Waals surface area contributed by atoms with Crippen LogP contribution in [0.15, 0.2) is 42.9 Å². The van der Waals surface area contributed by atoms with Crippen LogP contribution in [0.4, 0.5) is 8.78 Å². The molecule has 1 aliphatic rings. The minimum atomic E-state index is -0.909. The van der Waals surface area contributed by atoms with Gasteiger partial charge in [0.1, 0.15) is 11.6 Å². The van der Waals surface area contributed by atoms with Crippen LogP contribution < -0.4 is 4.74 Å². The van der Waals surface area contributed by atoms with Crippen molar-refractivity contribution >= 4 is 0 Å². The highest BCUT2D eigenvalue weighted by molar-refractivity contribution is 5.66. The molecule has 0 saturated carbocycles. The minimum Gasteiger partial charge on any atom is -0.494 e. The lowest BCUT2D eigenvalue weighted by atomic mass is 9.79. The Balaban J connectivity index is 1.87. The van der Waals surface area contributed by atoms with Gasteiger partial charge in [-0.05, 0) is 58.7 Å². The van der Waals surface area contributed by atoms with E-state index in [0.29, 0.717) is 17.3 Å². The zero-order chi connectivity index (χ0) is 22.4. The van der Waals surface area contributed by atoms with Crippen molar-refractivity contribution in [2.24, 2.45) is 0 Å². The lowest BCUT2D eigenvalue weighted by Crippen LogP contribution is -2.44. The van der Waals surface area contributed by atoms with E-state index in [1.807, 2.05) is 6.20 Å². The molecule has 4 rings (SSSR count). The molecule has 1 aromatic carbocycles. The second-order valence-electron chi connectivity index (χ2n) is 9.26. The Bertz CT molecular complexity index is 1090. The highest BCUT2D eigenvalue weighted by atomic mass is 19.2. The number of pyridine rings is 1. The zero-order valence-corrected chi connectivity index (χ0v) is 18.4. The predicted octanol–water partition coefficient (Wildman–Crippen LogP) is 5.67. The predicted molar refractivity (Wildman–Crippen MR) is 114 cm³/mol. The molecule has 3 aromatic rings. The standard InChI is InChI=1S/C24H27F2N3O2/c1-23(2)11-15(12-24(3,4)31-23)20-14-29(16-6-7-18(25)19(26)10-16)22(28-20)17-8-9-27-13-21(17)30-5/h6-10,13-15H,11-12H2,1-5H3. The van der Waals surface area contributed by atoms with E-state index in [0.717, 1.165) is 30.2 Å². The number of nitrogens with zero attached hydrogens (tertiary/aromatic N) is 3. The van der Waals surface area contributed by atoms with E-state index in [1.54, 1.807) is 36.2 Å². The van der Waals surface area contributed by atoms with Crippen LogP contribution in [-0.2, 0) is 4.74 Å². The lowest BCUT2D eigenvalue weighted by molar-refractivity contribution is -0.162. The van der Waals surface area contributed by atoms with Crippen molar-refractivity contribution in [3.8, 4) is 22.8 Å². The van der Waals surface area contributed by atoms with Crippen molar-refractivity contribution in [3.05, 3.63) is 60.2 Å². The van der Waals surface area contributed by atoms with Gasteiger partial charge in [0.2, 0.25) is 0 Å². The average Bonchev–Trinajstić information content (AvgIpc) is 3.13. The van der Waals surface area contributed by atoms with Gasteiger partial charge in [-0.3, -0.25) is 9.55 Å². The number of hydrogen-bond acceptors (Lipinski definition) is 4. The van der Waals surface area contributed by atoms with Crippen molar-refractivity contribution in [3.63, 3.8) is 0 Å². The van der Waals surface area contributed by atoms with Gasteiger partial charge < -0.3 is 9.47 Å². The smallest absolute Gasteiger partial charge is 0.160 e. The van der Waals surface area contributed by atoms with Crippen LogP contribution in [0.25, 0.3) is 17.1 Å². The molecule has 0 spiro atoms. The molecule has 0 amide bonds. The van der Waals surface area contributed by atoms with Crippen molar-refractivity contribution in [1.29, 1.82) is 0 Å². The molecule has 31 heavy (non-hydrogen) atoms. The summed E-state index contributed by atoms with van der Waals surface area (Å²) >= 11 is 0. The average molecular weight is 427 g/mol. The van der Waals surface area contributed by atoms with E-state index in [-0.39, 0.29) is 17.1 Å². The summed E-state index contributed by atoms with van der Waals surface area (Å²) in [6, 6.07) is 5.65. The molecule has 0 N–H and O–H groups in total. The van der Waals surface area contributed by atoms with Crippen LogP contribution in [0, 0.1) is 11.6 Å². The van der Waals surface area contributed by atoms with Gasteiger partial charge in [0.05, 0.1) is 41.5 Å². The Labute approximate surface area is 181 Å². The molecule has 1 saturated heterocycles. The van der Waals surface area contributed by atoms with Gasteiger partial charge in [0, 0.05) is 24.4 Å². The Morgan fingerprint density at radius 1 is 1.06 bits per heavy atom. The normalized spacial score (nSPS) is 18.2. The fourth-order valence-electron chi connectivity index (χ4n) is 4.64. The Hall–Kier alpha value is -2.80. The van der Waals surface area contributed by atoms with Crippen LogP contribution >= 0.6 is 0 Å². The number of imidazole rings is 1. The molecule has 1 aliphatic heterocycles. The summed E-state index contributed by atoms with van der Waals surface area (Å²) in [6.45, 7) is 8.33. The number of benzene rings is 1. The van der Waals surface area contributed by atoms with Gasteiger partial charge in [0.25, 0.3) is 0 Å². The molecule has 1 fully saturated rings. The third kappa shape index (κ3) is 4.32. The number of aromatic nitrogens is 3. The van der Waals surface area contributed by atoms with Gasteiger partial charge in [-0.25, -0.2) is 13.8 Å². The van der Waals surface area contributed by atoms with Crippen LogP contribution in [-0.4, -0.2) is 32.8 Å². The summed E-state index contributed by atoms with van der Waals surface area (Å²) in [7, 11) is 1.57. The second kappa shape index (κ2) is 7.71. The third-order valence-electron chi connectivity index (χ3n) is 5.60. The quantitative estimate of drug-likeness (QED) is 0.538. The molecule has 0 bridgehead atoms. The molecule has 2 aromatic heterocycles. The maximum Gasteiger partial charge on any atom is 0.160 e. The fourth-order valence-corrected chi connectivity index (χ4v) is 4.64. The molecule has 3 heterocycles. The van der Waals surface area contributed by atoms with E-state index in [1.165, 1.54) is 6.07 Å². The van der Waals surface area contributed by atoms with Crippen LogP contribution in [0.1, 0.15) is 52.1 Å². The summed E-state index contributed by atoms with van der Waals surface area (Å²) in [5, 5.41) is 0. The summed E-state index contributed by atoms with van der Waals surface area (Å²) in [6.07, 6.45) is 6.78. The van der Waals surface area contributed by atoms with Gasteiger partial charge in [0.15, 0.2) is 11.6 Å². The third-order valence-corrected chi connectivity index (χ3v) is 5.60. The number of methoxy groups -OCH3 is 1. The molecule has 0 radical (unpaired) electrons. The topological polar surface area (TPSA) is 49.2 Å². The molecule has 0 unspecified atom stereocenters. The summed E-state index contributed by atoms with van der Waals surface area (Å²) in [5.74, 6) is -0.510. The molecular formula is C24H27F2N3O2. The second-order valence-corrected chi connectivity index (χ2v) is 9.26. The molecule has 7 heteroatoms. The van der Waals surface area contributed by atoms with Crippen LogP contribution in [0.3, 0.4) is 0 Å². The molecule has 5 nitrogen and oxygen atoms in total. The highest BCUT2D eigenvalue weighted by Gasteiger charge is 2.41. The van der Waals surface area contributed by atoms with E-state index in [4.69, 9.17) is 14.5 Å². The summed E-state index contributed by atoms with van der Waals surface area (Å²) < 4.78 is 41.1. The first-order valence-electron chi connectivity index (χ1n) is 10.3. The minimum absolute atomic E-state index is 0.150. The highest BCUT2D eigenvalue weighted by Crippen LogP contribution is 2.44. The largest absolute Gasteiger partial charge is 0.494 e. The monoisotopic (exact) mass is 427 g/mol. The SMILES string of the molecule is COc1cnccc1-c1nc(C2CC(C)(C)OC(C)(C)C2)cn1-c1ccc(F)c(F)c1. The van der Waals surface area contributed by atoms with Crippen LogP contribution in [0.2, 0.25) is 0 Å². The van der Waals surface area contributed by atoms with E-state index < -0.39 is 11.6 Å². The molecular weight excluding hydrogens is 400 g/mol. The van der Waals surface area contributed by atoms with E-state index >= 15 is 0 Å². The van der Waals surface area contributed by atoms with Gasteiger partial charge in [-0.2, -0.15) is 0 Å². The number of rotatable bonds is 4. The first-order chi connectivity index (χ1) is 14.6. The molecule has 0 atom stereocenters. The Morgan fingerprint density at radius 3 is 2.42 bits per heavy atom. The van der Waals surface area contributed by atoms with Crippen molar-refractivity contribution in [1.82, 2.24) is 14.5 Å². The first kappa shape index (κ1) is 21.4. The molecule has 164 valence electrons. The number of halogens is 2. The summed E-state index contributed by atoms with van der Waals surface area (Å²) in [4.78, 5) is 9.07. The Morgan fingerprint density at radius 2 is 1.77 bits per heavy atom. The number of ether oxygens (including phenoxy) is 2.